The minimum atomic E-state index is -0.618. The molecule has 0 unspecified atom stereocenters. The van der Waals surface area contributed by atoms with Gasteiger partial charge in [0.05, 0.1) is 0 Å². The Balaban J connectivity index is 2.49. The van der Waals surface area contributed by atoms with E-state index in [1.165, 1.54) is 4.80 Å². The van der Waals surface area contributed by atoms with Gasteiger partial charge in [-0.3, -0.25) is 0 Å². The van der Waals surface area contributed by atoms with E-state index in [4.69, 9.17) is 0 Å². The van der Waals surface area contributed by atoms with Gasteiger partial charge in [-0.15, -0.1) is 0 Å². The highest BCUT2D eigenvalue weighted by molar-refractivity contribution is 5.72. The molecule has 0 radical (unpaired) electrons. The zero-order chi connectivity index (χ0) is 9.26. The highest BCUT2D eigenvalue weighted by Gasteiger charge is 2.07. The number of hydrogen-bond acceptors (Lipinski definition) is 3. The predicted molar refractivity (Wildman–Crippen MR) is 49.1 cm³/mol. The Hall–Kier alpha value is -1.42. The van der Waals surface area contributed by atoms with Crippen molar-refractivity contribution in [3.05, 3.63) is 24.3 Å². The van der Waals surface area contributed by atoms with Gasteiger partial charge in [-0.2, -0.15) is 15.0 Å². The zero-order valence-corrected chi connectivity index (χ0v) is 7.38. The number of nitrogens with zero attached hydrogens (tertiary/aromatic N) is 3. The van der Waals surface area contributed by atoms with Gasteiger partial charge in [-0.1, -0.05) is 19.1 Å². The number of fused-ring (bicyclic) bond motifs is 1. The SMILES string of the molecule is CC[C@@H](O)n1nc2ccccc2n1. The van der Waals surface area contributed by atoms with Crippen LogP contribution in [0.15, 0.2) is 24.3 Å². The molecule has 1 aromatic carbocycles. The molecule has 1 aromatic heterocycles. The van der Waals surface area contributed by atoms with Crippen molar-refractivity contribution >= 4 is 11.0 Å². The summed E-state index contributed by atoms with van der Waals surface area (Å²) in [4.78, 5) is 1.35. The molecule has 0 aliphatic carbocycles. The monoisotopic (exact) mass is 177 g/mol. The van der Waals surface area contributed by atoms with Gasteiger partial charge in [-0.05, 0) is 18.6 Å². The lowest BCUT2D eigenvalue weighted by atomic mass is 10.3. The summed E-state index contributed by atoms with van der Waals surface area (Å²) in [6, 6.07) is 7.56. The first-order valence-electron chi connectivity index (χ1n) is 4.31. The molecule has 1 heterocycles. The molecule has 0 saturated heterocycles. The Morgan fingerprint density at radius 2 is 1.85 bits per heavy atom. The van der Waals surface area contributed by atoms with Crippen LogP contribution in [0.3, 0.4) is 0 Å². The molecule has 2 aromatic rings. The van der Waals surface area contributed by atoms with Crippen molar-refractivity contribution < 1.29 is 5.11 Å². The van der Waals surface area contributed by atoms with Crippen LogP contribution in [0.2, 0.25) is 0 Å². The van der Waals surface area contributed by atoms with Crippen molar-refractivity contribution in [3.8, 4) is 0 Å². The molecule has 0 aliphatic heterocycles. The van der Waals surface area contributed by atoms with Crippen molar-refractivity contribution in [1.82, 2.24) is 15.0 Å². The summed E-state index contributed by atoms with van der Waals surface area (Å²) in [6.07, 6.45) is -0.00606. The second kappa shape index (κ2) is 3.14. The summed E-state index contributed by atoms with van der Waals surface area (Å²) in [6.45, 7) is 1.89. The van der Waals surface area contributed by atoms with Crippen LogP contribution in [0.1, 0.15) is 19.6 Å². The molecule has 0 amide bonds. The molecular formula is C9H11N3O. The molecule has 4 nitrogen and oxygen atoms in total. The fraction of sp³-hybridized carbons (Fsp3) is 0.333. The van der Waals surface area contributed by atoms with E-state index in [0.717, 1.165) is 11.0 Å². The average Bonchev–Trinajstić information content (AvgIpc) is 2.59. The summed E-state index contributed by atoms with van der Waals surface area (Å²) < 4.78 is 0. The Kier molecular flexibility index (Phi) is 1.98. The molecule has 68 valence electrons. The molecule has 0 spiro atoms. The second-order valence-corrected chi connectivity index (χ2v) is 2.90. The third-order valence-corrected chi connectivity index (χ3v) is 1.93. The molecule has 2 rings (SSSR count). The lowest BCUT2D eigenvalue weighted by Crippen LogP contribution is -2.09. The summed E-state index contributed by atoms with van der Waals surface area (Å²) >= 11 is 0. The largest absolute Gasteiger partial charge is 0.370 e. The van der Waals surface area contributed by atoms with Crippen LogP contribution >= 0.6 is 0 Å². The summed E-state index contributed by atoms with van der Waals surface area (Å²) in [5.74, 6) is 0. The Bertz CT molecular complexity index is 377. The molecule has 13 heavy (non-hydrogen) atoms. The molecule has 1 N–H and O–H groups in total. The maximum Gasteiger partial charge on any atom is 0.165 e. The maximum absolute atomic E-state index is 9.47. The molecule has 0 aliphatic rings. The van der Waals surface area contributed by atoms with Crippen molar-refractivity contribution in [2.45, 2.75) is 19.6 Å². The van der Waals surface area contributed by atoms with Gasteiger partial charge in [0.1, 0.15) is 11.0 Å². The number of aliphatic hydroxyl groups is 1. The van der Waals surface area contributed by atoms with Gasteiger partial charge < -0.3 is 5.11 Å². The van der Waals surface area contributed by atoms with Crippen LogP contribution in [0.4, 0.5) is 0 Å². The molecule has 0 saturated carbocycles. The number of aliphatic hydroxyl groups excluding tert-OH is 1. The number of rotatable bonds is 2. The average molecular weight is 177 g/mol. The second-order valence-electron chi connectivity index (χ2n) is 2.90. The summed E-state index contributed by atoms with van der Waals surface area (Å²) in [5, 5.41) is 17.7. The van der Waals surface area contributed by atoms with E-state index in [9.17, 15) is 5.11 Å². The first-order valence-corrected chi connectivity index (χ1v) is 4.31. The normalized spacial score (nSPS) is 13.4. The van der Waals surface area contributed by atoms with E-state index in [2.05, 4.69) is 10.2 Å². The summed E-state index contributed by atoms with van der Waals surface area (Å²) in [5.41, 5.74) is 1.63. The topological polar surface area (TPSA) is 50.9 Å². The lowest BCUT2D eigenvalue weighted by molar-refractivity contribution is 0.0729. The zero-order valence-electron chi connectivity index (χ0n) is 7.38. The molecule has 4 heteroatoms. The fourth-order valence-electron chi connectivity index (χ4n) is 1.17. The number of benzene rings is 1. The summed E-state index contributed by atoms with van der Waals surface area (Å²) in [7, 11) is 0. The Morgan fingerprint density at radius 3 is 2.31 bits per heavy atom. The van der Waals surface area contributed by atoms with Gasteiger partial charge in [0.15, 0.2) is 6.23 Å². The van der Waals surface area contributed by atoms with E-state index < -0.39 is 6.23 Å². The smallest absolute Gasteiger partial charge is 0.165 e. The van der Waals surface area contributed by atoms with E-state index in [1.807, 2.05) is 31.2 Å². The first-order chi connectivity index (χ1) is 6.31. The Morgan fingerprint density at radius 1 is 1.31 bits per heavy atom. The van der Waals surface area contributed by atoms with Crippen molar-refractivity contribution in [1.29, 1.82) is 0 Å². The third kappa shape index (κ3) is 1.40. The fourth-order valence-corrected chi connectivity index (χ4v) is 1.17. The maximum atomic E-state index is 9.47. The standard InChI is InChI=1S/C9H11N3O/c1-2-9(13)12-10-7-5-3-4-6-8(7)11-12/h3-6,9,13H,2H2,1H3/t9-/m1/s1. The quantitative estimate of drug-likeness (QED) is 0.752. The van der Waals surface area contributed by atoms with Crippen LogP contribution in [-0.2, 0) is 0 Å². The van der Waals surface area contributed by atoms with Crippen molar-refractivity contribution in [2.75, 3.05) is 0 Å². The van der Waals surface area contributed by atoms with Crippen LogP contribution in [0, 0.1) is 0 Å². The van der Waals surface area contributed by atoms with E-state index >= 15 is 0 Å². The van der Waals surface area contributed by atoms with E-state index in [0.29, 0.717) is 6.42 Å². The molecular weight excluding hydrogens is 166 g/mol. The van der Waals surface area contributed by atoms with E-state index in [1.54, 1.807) is 0 Å². The van der Waals surface area contributed by atoms with Crippen molar-refractivity contribution in [3.63, 3.8) is 0 Å². The van der Waals surface area contributed by atoms with Crippen LogP contribution < -0.4 is 0 Å². The highest BCUT2D eigenvalue weighted by Crippen LogP contribution is 2.10. The van der Waals surface area contributed by atoms with Gasteiger partial charge in [0, 0.05) is 0 Å². The molecule has 0 fully saturated rings. The van der Waals surface area contributed by atoms with Crippen molar-refractivity contribution in [2.24, 2.45) is 0 Å². The van der Waals surface area contributed by atoms with E-state index in [-0.39, 0.29) is 0 Å². The van der Waals surface area contributed by atoms with Crippen LogP contribution in [0.5, 0.6) is 0 Å². The van der Waals surface area contributed by atoms with Gasteiger partial charge in [0.2, 0.25) is 0 Å². The lowest BCUT2D eigenvalue weighted by Gasteiger charge is -2.03. The predicted octanol–water partition coefficient (Wildman–Crippen LogP) is 1.33. The minimum Gasteiger partial charge on any atom is -0.370 e. The van der Waals surface area contributed by atoms with Gasteiger partial charge in [-0.25, -0.2) is 0 Å². The number of aromatic nitrogens is 3. The molecule has 0 bridgehead atoms. The van der Waals surface area contributed by atoms with Gasteiger partial charge >= 0.3 is 0 Å². The van der Waals surface area contributed by atoms with Gasteiger partial charge in [0.25, 0.3) is 0 Å². The van der Waals surface area contributed by atoms with Crippen LogP contribution in [0.25, 0.3) is 11.0 Å². The molecule has 1 atom stereocenters. The number of hydrogen-bond donors (Lipinski definition) is 1. The third-order valence-electron chi connectivity index (χ3n) is 1.93. The Labute approximate surface area is 75.8 Å². The first kappa shape index (κ1) is 8.19. The minimum absolute atomic E-state index is 0.612. The highest BCUT2D eigenvalue weighted by atomic mass is 16.3. The van der Waals surface area contributed by atoms with Crippen LogP contribution in [-0.4, -0.2) is 20.1 Å².